The van der Waals surface area contributed by atoms with Crippen molar-refractivity contribution in [3.05, 3.63) is 47.5 Å². The average molecular weight is 310 g/mol. The van der Waals surface area contributed by atoms with Crippen LogP contribution in [0, 0.1) is 0 Å². The Labute approximate surface area is 117 Å². The highest BCUT2D eigenvalue weighted by Crippen LogP contribution is 2.18. The minimum absolute atomic E-state index is 0.270. The number of hydrogen-bond donors (Lipinski definition) is 2. The zero-order valence-electron chi connectivity index (χ0n) is 11.0. The molecular formula is C14H20BrN3. The van der Waals surface area contributed by atoms with E-state index in [0.29, 0.717) is 0 Å². The van der Waals surface area contributed by atoms with Crippen molar-refractivity contribution in [3.63, 3.8) is 0 Å². The zero-order chi connectivity index (χ0) is 13.5. The third-order valence-corrected chi connectivity index (χ3v) is 2.86. The van der Waals surface area contributed by atoms with Crippen LogP contribution in [0.2, 0.25) is 0 Å². The van der Waals surface area contributed by atoms with Crippen molar-refractivity contribution in [3.8, 4) is 0 Å². The summed E-state index contributed by atoms with van der Waals surface area (Å²) in [5.74, 6) is 0.960. The number of rotatable bonds is 7. The van der Waals surface area contributed by atoms with Crippen molar-refractivity contribution in [1.82, 2.24) is 15.3 Å². The summed E-state index contributed by atoms with van der Waals surface area (Å²) in [6, 6.07) is 0.270. The maximum absolute atomic E-state index is 4.41. The van der Waals surface area contributed by atoms with Crippen molar-refractivity contribution < 1.29 is 0 Å². The molecule has 1 rings (SSSR count). The minimum Gasteiger partial charge on any atom is -0.341 e. The van der Waals surface area contributed by atoms with Gasteiger partial charge in [-0.1, -0.05) is 49.0 Å². The first-order valence-corrected chi connectivity index (χ1v) is 6.87. The molecule has 0 bridgehead atoms. The maximum Gasteiger partial charge on any atom is 0.123 e. The summed E-state index contributed by atoms with van der Waals surface area (Å²) in [5.41, 5.74) is 1.83. The summed E-state index contributed by atoms with van der Waals surface area (Å²) in [5, 5.41) is 3.39. The molecule has 0 aliphatic heterocycles. The number of halogens is 1. The Bertz CT molecular complexity index is 446. The van der Waals surface area contributed by atoms with E-state index in [-0.39, 0.29) is 6.04 Å². The van der Waals surface area contributed by atoms with Crippen LogP contribution in [-0.2, 0) is 0 Å². The Morgan fingerprint density at radius 2 is 2.22 bits per heavy atom. The van der Waals surface area contributed by atoms with Gasteiger partial charge in [-0.3, -0.25) is 0 Å². The first-order valence-electron chi connectivity index (χ1n) is 6.08. The molecule has 0 aromatic carbocycles. The van der Waals surface area contributed by atoms with E-state index in [9.17, 15) is 0 Å². The summed E-state index contributed by atoms with van der Waals surface area (Å²) >= 11 is 3.28. The van der Waals surface area contributed by atoms with Crippen LogP contribution in [0.5, 0.6) is 0 Å². The van der Waals surface area contributed by atoms with Crippen molar-refractivity contribution in [2.24, 2.45) is 0 Å². The number of nitrogens with one attached hydrogen (secondary N) is 2. The number of imidazole rings is 1. The predicted octanol–water partition coefficient (Wildman–Crippen LogP) is 3.95. The lowest BCUT2D eigenvalue weighted by atomic mass is 10.2. The Morgan fingerprint density at radius 1 is 1.50 bits per heavy atom. The van der Waals surface area contributed by atoms with Crippen molar-refractivity contribution in [2.45, 2.75) is 26.3 Å². The zero-order valence-corrected chi connectivity index (χ0v) is 12.5. The summed E-state index contributed by atoms with van der Waals surface area (Å²) < 4.78 is 0.822. The van der Waals surface area contributed by atoms with Gasteiger partial charge in [0.25, 0.3) is 0 Å². The largest absolute Gasteiger partial charge is 0.341 e. The molecular weight excluding hydrogens is 290 g/mol. The Hall–Kier alpha value is -1.13. The molecule has 0 saturated carbocycles. The molecule has 0 aliphatic rings. The molecule has 4 heteroatoms. The highest BCUT2D eigenvalue weighted by atomic mass is 79.9. The van der Waals surface area contributed by atoms with Crippen LogP contribution in [0.4, 0.5) is 0 Å². The maximum atomic E-state index is 4.41. The molecule has 1 aromatic rings. The van der Waals surface area contributed by atoms with Gasteiger partial charge < -0.3 is 10.3 Å². The number of aromatic nitrogens is 2. The van der Waals surface area contributed by atoms with Crippen LogP contribution < -0.4 is 5.32 Å². The van der Waals surface area contributed by atoms with Crippen molar-refractivity contribution in [1.29, 1.82) is 0 Å². The van der Waals surface area contributed by atoms with Gasteiger partial charge in [-0.15, -0.1) is 0 Å². The molecule has 0 fully saturated rings. The molecule has 2 N–H and O–H groups in total. The Balaban J connectivity index is 2.79. The predicted molar refractivity (Wildman–Crippen MR) is 81.5 cm³/mol. The smallest absolute Gasteiger partial charge is 0.123 e. The third-order valence-electron chi connectivity index (χ3n) is 2.60. The van der Waals surface area contributed by atoms with Gasteiger partial charge >= 0.3 is 0 Å². The molecule has 0 amide bonds. The molecule has 18 heavy (non-hydrogen) atoms. The van der Waals surface area contributed by atoms with Crippen LogP contribution in [0.3, 0.4) is 0 Å². The fraction of sp³-hybridized carbons (Fsp3) is 0.357. The number of aromatic amines is 1. The van der Waals surface area contributed by atoms with Gasteiger partial charge in [-0.2, -0.15) is 0 Å². The lowest BCUT2D eigenvalue weighted by molar-refractivity contribution is 0.514. The summed E-state index contributed by atoms with van der Waals surface area (Å²) in [6.07, 6.45) is 6.59. The van der Waals surface area contributed by atoms with Gasteiger partial charge in [0.2, 0.25) is 0 Å². The van der Waals surface area contributed by atoms with E-state index in [1.807, 2.05) is 18.3 Å². The van der Waals surface area contributed by atoms with Crippen LogP contribution in [-0.4, -0.2) is 16.5 Å². The van der Waals surface area contributed by atoms with Crippen molar-refractivity contribution >= 4 is 21.5 Å². The van der Waals surface area contributed by atoms with E-state index in [1.165, 1.54) is 0 Å². The molecule has 0 radical (unpaired) electrons. The highest BCUT2D eigenvalue weighted by molar-refractivity contribution is 9.11. The summed E-state index contributed by atoms with van der Waals surface area (Å²) in [4.78, 5) is 7.71. The fourth-order valence-electron chi connectivity index (χ4n) is 1.64. The first kappa shape index (κ1) is 14.9. The van der Waals surface area contributed by atoms with Crippen LogP contribution >= 0.6 is 15.9 Å². The molecule has 0 spiro atoms. The van der Waals surface area contributed by atoms with Gasteiger partial charge in [0.05, 0.1) is 17.9 Å². The lowest BCUT2D eigenvalue weighted by Gasteiger charge is -2.12. The van der Waals surface area contributed by atoms with E-state index in [0.717, 1.165) is 34.5 Å². The van der Waals surface area contributed by atoms with Gasteiger partial charge in [0, 0.05) is 4.48 Å². The molecule has 0 aliphatic carbocycles. The SMILES string of the molecule is C=C(Br)/C=C\C(=C)c1cnc(C(CC)NCC)[nH]1. The third kappa shape index (κ3) is 4.27. The van der Waals surface area contributed by atoms with Crippen molar-refractivity contribution in [2.75, 3.05) is 6.54 Å². The Morgan fingerprint density at radius 3 is 2.78 bits per heavy atom. The van der Waals surface area contributed by atoms with Gasteiger partial charge in [0.1, 0.15) is 5.82 Å². The standard InChI is InChI=1S/C14H20BrN3/c1-5-12(16-6-2)14-17-9-13(18-14)10(3)7-8-11(4)15/h7-9,12,16H,3-6H2,1-2H3,(H,17,18)/b8-7-. The topological polar surface area (TPSA) is 40.7 Å². The first-order chi connectivity index (χ1) is 8.58. The second kappa shape index (κ2) is 7.34. The minimum atomic E-state index is 0.270. The lowest BCUT2D eigenvalue weighted by Crippen LogP contribution is -2.21. The molecule has 1 unspecified atom stereocenters. The van der Waals surface area contributed by atoms with E-state index >= 15 is 0 Å². The quantitative estimate of drug-likeness (QED) is 0.749. The summed E-state index contributed by atoms with van der Waals surface area (Å²) in [6.45, 7) is 12.9. The second-order valence-corrected chi connectivity index (χ2v) is 5.02. The van der Waals surface area contributed by atoms with Gasteiger partial charge in [0.15, 0.2) is 0 Å². The molecule has 1 aromatic heterocycles. The van der Waals surface area contributed by atoms with Crippen LogP contribution in [0.1, 0.15) is 37.8 Å². The van der Waals surface area contributed by atoms with Crippen LogP contribution in [0.15, 0.2) is 36.0 Å². The van der Waals surface area contributed by atoms with E-state index in [2.05, 4.69) is 58.2 Å². The van der Waals surface area contributed by atoms with E-state index in [4.69, 9.17) is 0 Å². The van der Waals surface area contributed by atoms with E-state index in [1.54, 1.807) is 0 Å². The normalized spacial score (nSPS) is 12.8. The number of H-pyrrole nitrogens is 1. The molecule has 1 atom stereocenters. The molecule has 0 saturated heterocycles. The molecule has 1 heterocycles. The number of hydrogen-bond acceptors (Lipinski definition) is 2. The van der Waals surface area contributed by atoms with Gasteiger partial charge in [-0.05, 0) is 24.6 Å². The highest BCUT2D eigenvalue weighted by Gasteiger charge is 2.11. The monoisotopic (exact) mass is 309 g/mol. The van der Waals surface area contributed by atoms with Gasteiger partial charge in [-0.25, -0.2) is 4.98 Å². The van der Waals surface area contributed by atoms with Crippen LogP contribution in [0.25, 0.3) is 5.57 Å². The van der Waals surface area contributed by atoms with E-state index < -0.39 is 0 Å². The fourth-order valence-corrected chi connectivity index (χ4v) is 1.77. The molecule has 3 nitrogen and oxygen atoms in total. The number of allylic oxidation sites excluding steroid dienone is 4. The molecule has 98 valence electrons. The Kier molecular flexibility index (Phi) is 6.09. The second-order valence-electron chi connectivity index (χ2n) is 4.01. The summed E-state index contributed by atoms with van der Waals surface area (Å²) in [7, 11) is 0. The number of nitrogens with zero attached hydrogens (tertiary/aromatic N) is 1. The average Bonchev–Trinajstić information content (AvgIpc) is 2.82.